The number of ether oxygens (including phenoxy) is 6. The Hall–Kier alpha value is -8.42. The van der Waals surface area contributed by atoms with Crippen molar-refractivity contribution in [2.45, 2.75) is 39.6 Å². The summed E-state index contributed by atoms with van der Waals surface area (Å²) in [5.41, 5.74) is 8.72. The lowest BCUT2D eigenvalue weighted by Gasteiger charge is -2.28. The van der Waals surface area contributed by atoms with Crippen molar-refractivity contribution in [2.24, 2.45) is 0 Å². The van der Waals surface area contributed by atoms with Gasteiger partial charge in [-0.25, -0.2) is 0 Å². The Morgan fingerprint density at radius 1 is 0.209 bits per heavy atom. The van der Waals surface area contributed by atoms with Crippen LogP contribution in [0, 0.1) is 0 Å². The number of hydrogen-bond donors (Lipinski definition) is 0. The molecule has 0 aliphatic heterocycles. The highest BCUT2D eigenvalue weighted by Crippen LogP contribution is 2.45. The van der Waals surface area contributed by atoms with Crippen LogP contribution in [0.1, 0.15) is 33.4 Å². The van der Waals surface area contributed by atoms with E-state index in [-0.39, 0.29) is 0 Å². The van der Waals surface area contributed by atoms with Crippen molar-refractivity contribution < 1.29 is 28.4 Å². The molecule has 9 aromatic carbocycles. The molecule has 0 spiro atoms. The number of nitrogens with zero attached hydrogens (tertiary/aromatic N) is 1. The fourth-order valence-corrected chi connectivity index (χ4v) is 7.46. The minimum absolute atomic E-state index is 0.349. The Morgan fingerprint density at radius 3 is 0.612 bits per heavy atom. The van der Waals surface area contributed by atoms with Crippen LogP contribution in [0.25, 0.3) is 0 Å². The monoisotopic (exact) mass is 881 g/mol. The molecule has 0 saturated heterocycles. The number of hydrogen-bond acceptors (Lipinski definition) is 7. The van der Waals surface area contributed by atoms with Crippen molar-refractivity contribution >= 4 is 17.1 Å². The van der Waals surface area contributed by atoms with Gasteiger partial charge in [-0.1, -0.05) is 182 Å². The Kier molecular flexibility index (Phi) is 14.7. The van der Waals surface area contributed by atoms with Crippen molar-refractivity contribution in [3.05, 3.63) is 270 Å². The molecule has 0 heterocycles. The lowest BCUT2D eigenvalue weighted by Crippen LogP contribution is -2.12. The molecule has 0 N–H and O–H groups in total. The summed E-state index contributed by atoms with van der Waals surface area (Å²) >= 11 is 0. The molecule has 9 rings (SSSR count). The van der Waals surface area contributed by atoms with Crippen LogP contribution < -0.4 is 33.3 Å². The SMILES string of the molecule is c1ccc(COc2ccc(N(c3ccc(OCc4ccccc4)c(OCc4ccccc4)c3)c3ccc(OCc4ccccc4)c(OCc4ccccc4)c3)cc2OCc2ccccc2)cc1. The predicted octanol–water partition coefficient (Wildman–Crippen LogP) is 14.6. The third kappa shape index (κ3) is 12.2. The number of rotatable bonds is 21. The molecule has 0 aromatic heterocycles. The van der Waals surface area contributed by atoms with Crippen molar-refractivity contribution in [1.29, 1.82) is 0 Å². The fourth-order valence-electron chi connectivity index (χ4n) is 7.46. The first-order valence-electron chi connectivity index (χ1n) is 22.4. The van der Waals surface area contributed by atoms with Crippen molar-refractivity contribution in [2.75, 3.05) is 4.90 Å². The molecular formula is C60H51NO6. The highest BCUT2D eigenvalue weighted by atomic mass is 16.5. The Morgan fingerprint density at radius 2 is 0.403 bits per heavy atom. The third-order valence-electron chi connectivity index (χ3n) is 11.0. The van der Waals surface area contributed by atoms with E-state index < -0.39 is 0 Å². The van der Waals surface area contributed by atoms with Crippen LogP contribution in [-0.2, 0) is 39.6 Å². The quantitative estimate of drug-likeness (QED) is 0.0712. The number of anilines is 3. The molecule has 0 aliphatic rings. The molecule has 7 nitrogen and oxygen atoms in total. The van der Waals surface area contributed by atoms with E-state index in [0.717, 1.165) is 50.4 Å². The molecule has 0 saturated carbocycles. The highest BCUT2D eigenvalue weighted by Gasteiger charge is 2.21. The fraction of sp³-hybridized carbons (Fsp3) is 0.100. The van der Waals surface area contributed by atoms with E-state index in [4.69, 9.17) is 28.4 Å². The van der Waals surface area contributed by atoms with Gasteiger partial charge in [0, 0.05) is 18.2 Å². The van der Waals surface area contributed by atoms with Crippen LogP contribution >= 0.6 is 0 Å². The molecule has 332 valence electrons. The summed E-state index contributed by atoms with van der Waals surface area (Å²) in [6.45, 7) is 2.19. The normalized spacial score (nSPS) is 10.7. The summed E-state index contributed by atoms with van der Waals surface area (Å²) in [7, 11) is 0. The molecule has 0 fully saturated rings. The van der Waals surface area contributed by atoms with E-state index in [2.05, 4.69) is 77.7 Å². The molecule has 0 radical (unpaired) electrons. The zero-order valence-electron chi connectivity index (χ0n) is 37.2. The van der Waals surface area contributed by atoms with Crippen molar-refractivity contribution in [3.8, 4) is 34.5 Å². The minimum Gasteiger partial charge on any atom is -0.485 e. The zero-order chi connectivity index (χ0) is 45.3. The van der Waals surface area contributed by atoms with E-state index >= 15 is 0 Å². The average molecular weight is 882 g/mol. The molecule has 0 unspecified atom stereocenters. The standard InChI is InChI=1S/C60H51NO6/c1-7-19-46(20-8-1)40-62-55-34-31-52(37-58(55)65-43-49-25-13-4-14-26-49)61(53-32-35-56(63-41-47-21-9-2-10-22-47)59(38-53)66-44-50-27-15-5-16-28-50)54-33-36-57(64-42-48-23-11-3-12-24-48)60(39-54)67-45-51-29-17-6-18-30-51/h1-39H,40-45H2. The maximum absolute atomic E-state index is 6.64. The molecule has 0 amide bonds. The van der Waals surface area contributed by atoms with E-state index in [1.807, 2.05) is 164 Å². The summed E-state index contributed by atoms with van der Waals surface area (Å²) in [4.78, 5) is 2.16. The van der Waals surface area contributed by atoms with Gasteiger partial charge in [-0.15, -0.1) is 0 Å². The number of benzene rings is 9. The molecule has 0 bridgehead atoms. The maximum atomic E-state index is 6.64. The van der Waals surface area contributed by atoms with Crippen LogP contribution in [0.5, 0.6) is 34.5 Å². The molecule has 0 aliphatic carbocycles. The lowest BCUT2D eigenvalue weighted by molar-refractivity contribution is 0.255. The predicted molar refractivity (Wildman–Crippen MR) is 266 cm³/mol. The molecule has 67 heavy (non-hydrogen) atoms. The van der Waals surface area contributed by atoms with Gasteiger partial charge in [-0.2, -0.15) is 0 Å². The molecule has 7 heteroatoms. The van der Waals surface area contributed by atoms with Crippen LogP contribution in [0.2, 0.25) is 0 Å². The second-order valence-electron chi connectivity index (χ2n) is 15.9. The van der Waals surface area contributed by atoms with Gasteiger partial charge in [0.05, 0.1) is 17.1 Å². The minimum atomic E-state index is 0.349. The van der Waals surface area contributed by atoms with Crippen molar-refractivity contribution in [1.82, 2.24) is 0 Å². The highest BCUT2D eigenvalue weighted by molar-refractivity contribution is 5.80. The van der Waals surface area contributed by atoms with E-state index in [1.165, 1.54) is 0 Å². The topological polar surface area (TPSA) is 58.6 Å². The first kappa shape index (κ1) is 43.8. The summed E-state index contributed by atoms with van der Waals surface area (Å²) < 4.78 is 39.4. The first-order valence-corrected chi connectivity index (χ1v) is 22.4. The van der Waals surface area contributed by atoms with Crippen LogP contribution in [-0.4, -0.2) is 0 Å². The lowest BCUT2D eigenvalue weighted by atomic mass is 10.1. The van der Waals surface area contributed by atoms with E-state index in [0.29, 0.717) is 74.1 Å². The van der Waals surface area contributed by atoms with Gasteiger partial charge in [0.1, 0.15) is 39.6 Å². The molecular weight excluding hydrogens is 831 g/mol. The Labute approximate surface area is 393 Å². The van der Waals surface area contributed by atoms with Crippen molar-refractivity contribution in [3.63, 3.8) is 0 Å². The summed E-state index contributed by atoms with van der Waals surface area (Å²) in [6, 6.07) is 78.9. The third-order valence-corrected chi connectivity index (χ3v) is 11.0. The van der Waals surface area contributed by atoms with Gasteiger partial charge >= 0.3 is 0 Å². The molecule has 9 aromatic rings. The Balaban J connectivity index is 1.14. The van der Waals surface area contributed by atoms with E-state index in [1.54, 1.807) is 0 Å². The smallest absolute Gasteiger partial charge is 0.163 e. The van der Waals surface area contributed by atoms with Crippen LogP contribution in [0.3, 0.4) is 0 Å². The first-order chi connectivity index (χ1) is 33.2. The van der Waals surface area contributed by atoms with Crippen LogP contribution in [0.4, 0.5) is 17.1 Å². The van der Waals surface area contributed by atoms with Gasteiger partial charge in [0.25, 0.3) is 0 Å². The summed E-state index contributed by atoms with van der Waals surface area (Å²) in [5.74, 6) is 3.64. The molecule has 0 atom stereocenters. The second kappa shape index (κ2) is 22.5. The average Bonchev–Trinajstić information content (AvgIpc) is 3.40. The van der Waals surface area contributed by atoms with Gasteiger partial charge in [0.2, 0.25) is 0 Å². The summed E-state index contributed by atoms with van der Waals surface area (Å²) in [5, 5.41) is 0. The second-order valence-corrected chi connectivity index (χ2v) is 15.9. The largest absolute Gasteiger partial charge is 0.485 e. The van der Waals surface area contributed by atoms with Gasteiger partial charge < -0.3 is 33.3 Å². The summed E-state index contributed by atoms with van der Waals surface area (Å²) in [6.07, 6.45) is 0. The van der Waals surface area contributed by atoms with Gasteiger partial charge in [0.15, 0.2) is 34.5 Å². The van der Waals surface area contributed by atoms with Gasteiger partial charge in [-0.3, -0.25) is 0 Å². The van der Waals surface area contributed by atoms with Crippen LogP contribution in [0.15, 0.2) is 237 Å². The van der Waals surface area contributed by atoms with Gasteiger partial charge in [-0.05, 0) is 69.8 Å². The zero-order valence-corrected chi connectivity index (χ0v) is 37.2. The maximum Gasteiger partial charge on any atom is 0.163 e. The Bertz CT molecular complexity index is 2580. The van der Waals surface area contributed by atoms with E-state index in [9.17, 15) is 0 Å².